The summed E-state index contributed by atoms with van der Waals surface area (Å²) in [5.41, 5.74) is 0.955. The van der Waals surface area contributed by atoms with Gasteiger partial charge in [-0.25, -0.2) is 9.78 Å². The molecule has 0 amide bonds. The Kier molecular flexibility index (Phi) is 4.75. The molecule has 0 aromatic carbocycles. The topological polar surface area (TPSA) is 79.2 Å². The number of carboxylic acids is 1. The van der Waals surface area contributed by atoms with Crippen molar-refractivity contribution in [2.75, 3.05) is 11.4 Å². The van der Waals surface area contributed by atoms with Crippen LogP contribution < -0.4 is 4.90 Å². The summed E-state index contributed by atoms with van der Waals surface area (Å²) in [6.45, 7) is 6.76. The van der Waals surface area contributed by atoms with Crippen LogP contribution in [0.25, 0.3) is 0 Å². The molecule has 1 unspecified atom stereocenters. The average Bonchev–Trinajstić information content (AvgIpc) is 2.92. The van der Waals surface area contributed by atoms with Gasteiger partial charge >= 0.3 is 5.97 Å². The monoisotopic (exact) mass is 292 g/mol. The van der Waals surface area contributed by atoms with Crippen LogP contribution in [0.3, 0.4) is 0 Å². The van der Waals surface area contributed by atoms with E-state index in [1.807, 2.05) is 25.7 Å². The molecule has 2 heterocycles. The maximum Gasteiger partial charge on any atom is 0.329 e. The van der Waals surface area contributed by atoms with Crippen molar-refractivity contribution in [2.24, 2.45) is 0 Å². The summed E-state index contributed by atoms with van der Waals surface area (Å²) in [6, 6.07) is 0. The second-order valence-electron chi connectivity index (χ2n) is 5.55. The van der Waals surface area contributed by atoms with Crippen molar-refractivity contribution in [1.82, 2.24) is 15.2 Å². The first-order valence-corrected chi connectivity index (χ1v) is 7.82. The van der Waals surface area contributed by atoms with Crippen LogP contribution >= 0.6 is 0 Å². The minimum Gasteiger partial charge on any atom is -0.479 e. The number of carbonyl (C=O) groups is 1. The molecule has 1 saturated heterocycles. The Morgan fingerprint density at radius 1 is 1.24 bits per heavy atom. The highest BCUT2D eigenvalue weighted by molar-refractivity contribution is 5.83. The van der Waals surface area contributed by atoms with Gasteiger partial charge in [-0.3, -0.25) is 0 Å². The highest BCUT2D eigenvalue weighted by Crippen LogP contribution is 2.36. The van der Waals surface area contributed by atoms with Crippen LogP contribution in [0.1, 0.15) is 57.8 Å². The van der Waals surface area contributed by atoms with Crippen LogP contribution in [0.2, 0.25) is 0 Å². The van der Waals surface area contributed by atoms with Crippen LogP contribution in [0, 0.1) is 0 Å². The van der Waals surface area contributed by atoms with Crippen LogP contribution in [-0.4, -0.2) is 38.3 Å². The molecule has 2 rings (SSSR count). The van der Waals surface area contributed by atoms with E-state index in [4.69, 9.17) is 0 Å². The highest BCUT2D eigenvalue weighted by atomic mass is 16.4. The predicted octanol–water partition coefficient (Wildman–Crippen LogP) is 2.22. The van der Waals surface area contributed by atoms with Crippen molar-refractivity contribution in [3.05, 3.63) is 11.4 Å². The Balaban J connectivity index is 2.41. The number of aryl methyl sites for hydroxylation is 2. The number of hydrogen-bond donors (Lipinski definition) is 1. The Morgan fingerprint density at radius 3 is 2.52 bits per heavy atom. The molecule has 1 fully saturated rings. The van der Waals surface area contributed by atoms with Gasteiger partial charge in [-0.05, 0) is 32.1 Å². The maximum absolute atomic E-state index is 11.9. The second kappa shape index (κ2) is 6.37. The summed E-state index contributed by atoms with van der Waals surface area (Å²) in [7, 11) is 0. The lowest BCUT2D eigenvalue weighted by molar-refractivity contribution is -0.143. The van der Waals surface area contributed by atoms with Gasteiger partial charge in [0.2, 0.25) is 5.95 Å². The summed E-state index contributed by atoms with van der Waals surface area (Å²) in [5.74, 6) is -0.305. The van der Waals surface area contributed by atoms with Gasteiger partial charge in [0.15, 0.2) is 0 Å². The first kappa shape index (κ1) is 15.7. The molecule has 0 spiro atoms. The van der Waals surface area contributed by atoms with Gasteiger partial charge in [0.05, 0.1) is 11.4 Å². The van der Waals surface area contributed by atoms with Crippen molar-refractivity contribution in [3.63, 3.8) is 0 Å². The lowest BCUT2D eigenvalue weighted by Crippen LogP contribution is -2.51. The SMILES string of the molecule is CCCC1(C(=O)O)CCCN1c1nnc(CC)c(CC)n1. The molecule has 1 aliphatic rings. The third kappa shape index (κ3) is 2.71. The zero-order valence-corrected chi connectivity index (χ0v) is 13.1. The zero-order valence-electron chi connectivity index (χ0n) is 13.1. The Hall–Kier alpha value is -1.72. The summed E-state index contributed by atoms with van der Waals surface area (Å²) in [4.78, 5) is 18.3. The molecule has 1 aromatic heterocycles. The predicted molar refractivity (Wildman–Crippen MR) is 80.4 cm³/mol. The number of nitrogens with zero attached hydrogens (tertiary/aromatic N) is 4. The molecule has 1 aromatic rings. The molecule has 0 aliphatic carbocycles. The van der Waals surface area contributed by atoms with E-state index < -0.39 is 11.5 Å². The first-order chi connectivity index (χ1) is 10.1. The molecule has 6 nitrogen and oxygen atoms in total. The van der Waals surface area contributed by atoms with Gasteiger partial charge in [0.1, 0.15) is 5.54 Å². The normalized spacial score (nSPS) is 21.8. The van der Waals surface area contributed by atoms with Gasteiger partial charge in [0, 0.05) is 6.54 Å². The molecule has 0 bridgehead atoms. The van der Waals surface area contributed by atoms with Gasteiger partial charge in [0.25, 0.3) is 0 Å². The first-order valence-electron chi connectivity index (χ1n) is 7.82. The number of anilines is 1. The fraction of sp³-hybridized carbons (Fsp3) is 0.733. The molecule has 1 atom stereocenters. The molecule has 1 aliphatic heterocycles. The molecule has 1 N–H and O–H groups in total. The zero-order chi connectivity index (χ0) is 15.5. The van der Waals surface area contributed by atoms with Crippen LogP contribution in [0.5, 0.6) is 0 Å². The molecule has 6 heteroatoms. The molecule has 21 heavy (non-hydrogen) atoms. The summed E-state index contributed by atoms with van der Waals surface area (Å²) < 4.78 is 0. The number of rotatable bonds is 6. The largest absolute Gasteiger partial charge is 0.479 e. The van der Waals surface area contributed by atoms with E-state index in [0.717, 1.165) is 37.1 Å². The number of aliphatic carboxylic acids is 1. The van der Waals surface area contributed by atoms with E-state index in [1.165, 1.54) is 0 Å². The van der Waals surface area contributed by atoms with Gasteiger partial charge in [-0.15, -0.1) is 5.10 Å². The van der Waals surface area contributed by atoms with Crippen molar-refractivity contribution in [1.29, 1.82) is 0 Å². The van der Waals surface area contributed by atoms with Gasteiger partial charge in [-0.1, -0.05) is 27.2 Å². The van der Waals surface area contributed by atoms with E-state index in [9.17, 15) is 9.90 Å². The fourth-order valence-corrected chi connectivity index (χ4v) is 3.22. The standard InChI is InChI=1S/C15H24N4O2/c1-4-8-15(13(20)21)9-7-10-19(15)14-16-11(5-2)12(6-3)17-18-14/h4-10H2,1-3H3,(H,20,21). The van der Waals surface area contributed by atoms with Crippen LogP contribution in [0.4, 0.5) is 5.95 Å². The summed E-state index contributed by atoms with van der Waals surface area (Å²) >= 11 is 0. The minimum absolute atomic E-state index is 0.470. The maximum atomic E-state index is 11.9. The van der Waals surface area contributed by atoms with Crippen molar-refractivity contribution < 1.29 is 9.90 Å². The van der Waals surface area contributed by atoms with Crippen molar-refractivity contribution in [2.45, 2.75) is 64.8 Å². The summed E-state index contributed by atoms with van der Waals surface area (Å²) in [5, 5.41) is 18.2. The number of carboxylic acid groups (broad SMARTS) is 1. The fourth-order valence-electron chi connectivity index (χ4n) is 3.22. The molecule has 0 saturated carbocycles. The Morgan fingerprint density at radius 2 is 1.95 bits per heavy atom. The van der Waals surface area contributed by atoms with Crippen molar-refractivity contribution >= 4 is 11.9 Å². The van der Waals surface area contributed by atoms with Crippen LogP contribution in [-0.2, 0) is 17.6 Å². The van der Waals surface area contributed by atoms with E-state index in [-0.39, 0.29) is 0 Å². The highest BCUT2D eigenvalue weighted by Gasteiger charge is 2.48. The Labute approximate surface area is 125 Å². The van der Waals surface area contributed by atoms with Gasteiger partial charge < -0.3 is 10.0 Å². The van der Waals surface area contributed by atoms with E-state index in [2.05, 4.69) is 15.2 Å². The number of hydrogen-bond acceptors (Lipinski definition) is 5. The third-order valence-corrected chi connectivity index (χ3v) is 4.29. The van der Waals surface area contributed by atoms with Gasteiger partial charge in [-0.2, -0.15) is 5.10 Å². The quantitative estimate of drug-likeness (QED) is 0.866. The molecule has 0 radical (unpaired) electrons. The number of aromatic nitrogens is 3. The van der Waals surface area contributed by atoms with Crippen LogP contribution in [0.15, 0.2) is 0 Å². The smallest absolute Gasteiger partial charge is 0.329 e. The summed E-state index contributed by atoms with van der Waals surface area (Å²) in [6.07, 6.45) is 4.52. The Bertz CT molecular complexity index is 520. The van der Waals surface area contributed by atoms with E-state index in [1.54, 1.807) is 0 Å². The average molecular weight is 292 g/mol. The molecular formula is C15H24N4O2. The third-order valence-electron chi connectivity index (χ3n) is 4.29. The van der Waals surface area contributed by atoms with E-state index in [0.29, 0.717) is 25.3 Å². The molecule has 116 valence electrons. The minimum atomic E-state index is -0.866. The second-order valence-corrected chi connectivity index (χ2v) is 5.55. The lowest BCUT2D eigenvalue weighted by Gasteiger charge is -2.34. The van der Waals surface area contributed by atoms with Crippen molar-refractivity contribution in [3.8, 4) is 0 Å². The molecular weight excluding hydrogens is 268 g/mol. The lowest BCUT2D eigenvalue weighted by atomic mass is 9.91. The van der Waals surface area contributed by atoms with E-state index >= 15 is 0 Å².